The van der Waals surface area contributed by atoms with E-state index in [0.717, 1.165) is 10.5 Å². The molecule has 3 amide bonds. The first-order valence-electron chi connectivity index (χ1n) is 13.1. The number of methoxy groups -OCH3 is 1. The smallest absolute Gasteiger partial charge is 0.431 e. The van der Waals surface area contributed by atoms with Crippen LogP contribution in [0.3, 0.4) is 0 Å². The van der Waals surface area contributed by atoms with Gasteiger partial charge in [-0.05, 0) is 39.2 Å². The third-order valence-electron chi connectivity index (χ3n) is 6.18. The molecule has 2 aliphatic heterocycles. The van der Waals surface area contributed by atoms with Crippen LogP contribution in [0, 0.1) is 0 Å². The van der Waals surface area contributed by atoms with Crippen molar-refractivity contribution >= 4 is 23.9 Å². The van der Waals surface area contributed by atoms with E-state index in [-0.39, 0.29) is 38.2 Å². The number of amides is 3. The molecule has 214 valence electrons. The number of nitrogens with one attached hydrogen (secondary N) is 1. The number of nitrogens with zero attached hydrogens (tertiary/aromatic N) is 1. The molecule has 1 fully saturated rings. The summed E-state index contributed by atoms with van der Waals surface area (Å²) in [6, 6.07) is 9.30. The third-order valence-corrected chi connectivity index (χ3v) is 6.18. The summed E-state index contributed by atoms with van der Waals surface area (Å²) in [5.41, 5.74) is 0.357. The fraction of sp³-hybridized carbons (Fsp3) is 0.571. The van der Waals surface area contributed by atoms with Gasteiger partial charge in [-0.3, -0.25) is 19.3 Å². The van der Waals surface area contributed by atoms with Gasteiger partial charge in [-0.2, -0.15) is 0 Å². The van der Waals surface area contributed by atoms with Crippen LogP contribution in [0.2, 0.25) is 0 Å². The van der Waals surface area contributed by atoms with Crippen LogP contribution in [0.4, 0.5) is 4.79 Å². The molecule has 1 saturated heterocycles. The van der Waals surface area contributed by atoms with Crippen molar-refractivity contribution in [1.29, 1.82) is 0 Å². The highest BCUT2D eigenvalue weighted by Crippen LogP contribution is 2.32. The molecule has 39 heavy (non-hydrogen) atoms. The Morgan fingerprint density at radius 2 is 1.69 bits per heavy atom. The van der Waals surface area contributed by atoms with E-state index in [1.165, 1.54) is 12.2 Å². The fourth-order valence-electron chi connectivity index (χ4n) is 4.40. The lowest BCUT2D eigenvalue weighted by molar-refractivity contribution is -0.137. The summed E-state index contributed by atoms with van der Waals surface area (Å²) in [5, 5.41) is 2.80. The predicted molar refractivity (Wildman–Crippen MR) is 139 cm³/mol. The van der Waals surface area contributed by atoms with Crippen LogP contribution in [0.15, 0.2) is 42.5 Å². The maximum Gasteiger partial charge on any atom is 0.508 e. The molecular weight excluding hydrogens is 508 g/mol. The quantitative estimate of drug-likeness (QED) is 0.225. The summed E-state index contributed by atoms with van der Waals surface area (Å²) in [7, 11) is 1.58. The van der Waals surface area contributed by atoms with Crippen molar-refractivity contribution in [3.05, 3.63) is 48.0 Å². The molecule has 11 heteroatoms. The highest BCUT2D eigenvalue weighted by molar-refractivity contribution is 6.13. The van der Waals surface area contributed by atoms with E-state index < -0.39 is 41.9 Å². The normalized spacial score (nSPS) is 22.8. The van der Waals surface area contributed by atoms with Crippen LogP contribution in [-0.2, 0) is 44.7 Å². The second-order valence-electron chi connectivity index (χ2n) is 10.3. The number of carbonyl (C=O) groups excluding carboxylic acids is 4. The SMILES string of the molecule is CO[C@H]1C(OC(C)(C)C)[C@@H](COC(=O)OCc2ccccc2)O[C@H]1CCCNC(=O)CCN1C(=O)C=CC1=O. The van der Waals surface area contributed by atoms with Crippen molar-refractivity contribution in [2.75, 3.05) is 26.8 Å². The number of ether oxygens (including phenoxy) is 5. The van der Waals surface area contributed by atoms with Crippen LogP contribution in [-0.4, -0.2) is 85.6 Å². The first-order valence-corrected chi connectivity index (χ1v) is 13.1. The van der Waals surface area contributed by atoms with Crippen molar-refractivity contribution in [1.82, 2.24) is 10.2 Å². The Morgan fingerprint density at radius 1 is 1.00 bits per heavy atom. The monoisotopic (exact) mass is 546 g/mol. The molecule has 0 bridgehead atoms. The topological polar surface area (TPSA) is 130 Å². The van der Waals surface area contributed by atoms with Gasteiger partial charge < -0.3 is 29.0 Å². The fourth-order valence-corrected chi connectivity index (χ4v) is 4.40. The van der Waals surface area contributed by atoms with Crippen molar-refractivity contribution in [3.8, 4) is 0 Å². The lowest BCUT2D eigenvalue weighted by Gasteiger charge is -2.30. The molecule has 0 spiro atoms. The van der Waals surface area contributed by atoms with E-state index in [2.05, 4.69) is 5.32 Å². The molecular formula is C28H38N2O9. The number of benzene rings is 1. The maximum absolute atomic E-state index is 12.2. The zero-order chi connectivity index (χ0) is 28.4. The zero-order valence-electron chi connectivity index (χ0n) is 22.9. The lowest BCUT2D eigenvalue weighted by atomic mass is 10.0. The van der Waals surface area contributed by atoms with Crippen LogP contribution < -0.4 is 5.32 Å². The molecule has 11 nitrogen and oxygen atoms in total. The molecule has 1 unspecified atom stereocenters. The van der Waals surface area contributed by atoms with Crippen molar-refractivity contribution in [2.45, 2.75) is 76.7 Å². The zero-order valence-corrected chi connectivity index (χ0v) is 22.9. The third kappa shape index (κ3) is 9.45. The molecule has 3 rings (SSSR count). The van der Waals surface area contributed by atoms with E-state index in [0.29, 0.717) is 19.4 Å². The molecule has 4 atom stereocenters. The van der Waals surface area contributed by atoms with Gasteiger partial charge >= 0.3 is 6.16 Å². The average Bonchev–Trinajstić information content (AvgIpc) is 3.39. The largest absolute Gasteiger partial charge is 0.508 e. The Balaban J connectivity index is 1.45. The highest BCUT2D eigenvalue weighted by atomic mass is 16.7. The van der Waals surface area contributed by atoms with Crippen LogP contribution >= 0.6 is 0 Å². The second kappa shape index (κ2) is 14.2. The van der Waals surface area contributed by atoms with Gasteiger partial charge in [-0.15, -0.1) is 0 Å². The molecule has 2 aliphatic rings. The molecule has 1 aromatic rings. The second-order valence-corrected chi connectivity index (χ2v) is 10.3. The van der Waals surface area contributed by atoms with Crippen LogP contribution in [0.1, 0.15) is 45.6 Å². The summed E-state index contributed by atoms with van der Waals surface area (Å²) >= 11 is 0. The van der Waals surface area contributed by atoms with Gasteiger partial charge in [-0.25, -0.2) is 4.79 Å². The lowest BCUT2D eigenvalue weighted by Crippen LogP contribution is -2.43. The minimum atomic E-state index is -0.801. The van der Waals surface area contributed by atoms with E-state index >= 15 is 0 Å². The first-order chi connectivity index (χ1) is 18.6. The molecule has 0 aromatic heterocycles. The van der Waals surface area contributed by atoms with Gasteiger partial charge in [-0.1, -0.05) is 30.3 Å². The molecule has 1 aromatic carbocycles. The minimum absolute atomic E-state index is 0.0288. The molecule has 0 saturated carbocycles. The Hall–Kier alpha value is -3.28. The maximum atomic E-state index is 12.2. The van der Waals surface area contributed by atoms with Crippen LogP contribution in [0.25, 0.3) is 0 Å². The minimum Gasteiger partial charge on any atom is -0.431 e. The van der Waals surface area contributed by atoms with E-state index in [9.17, 15) is 19.2 Å². The van der Waals surface area contributed by atoms with Crippen molar-refractivity contribution in [2.24, 2.45) is 0 Å². The molecule has 0 aliphatic carbocycles. The van der Waals surface area contributed by atoms with Gasteiger partial charge in [0, 0.05) is 38.8 Å². The number of hydrogen-bond donors (Lipinski definition) is 1. The van der Waals surface area contributed by atoms with Crippen molar-refractivity contribution < 1.29 is 42.9 Å². The van der Waals surface area contributed by atoms with E-state index in [1.807, 2.05) is 51.1 Å². The first kappa shape index (κ1) is 30.3. The Morgan fingerprint density at radius 3 is 2.33 bits per heavy atom. The number of rotatable bonds is 13. The van der Waals surface area contributed by atoms with Crippen LogP contribution in [0.5, 0.6) is 0 Å². The molecule has 1 N–H and O–H groups in total. The Bertz CT molecular complexity index is 1000. The van der Waals surface area contributed by atoms with Crippen molar-refractivity contribution in [3.63, 3.8) is 0 Å². The summed E-state index contributed by atoms with van der Waals surface area (Å²) < 4.78 is 28.7. The molecule has 0 radical (unpaired) electrons. The highest BCUT2D eigenvalue weighted by Gasteiger charge is 2.47. The summed E-state index contributed by atoms with van der Waals surface area (Å²) in [6.45, 7) is 6.23. The van der Waals surface area contributed by atoms with Gasteiger partial charge in [0.1, 0.15) is 31.5 Å². The summed E-state index contributed by atoms with van der Waals surface area (Å²) in [4.78, 5) is 48.6. The van der Waals surface area contributed by atoms with Gasteiger partial charge in [0.05, 0.1) is 11.7 Å². The predicted octanol–water partition coefficient (Wildman–Crippen LogP) is 2.52. The Kier molecular flexibility index (Phi) is 11.0. The number of hydrogen-bond acceptors (Lipinski definition) is 9. The molecule has 2 heterocycles. The summed E-state index contributed by atoms with van der Waals surface area (Å²) in [6.07, 6.45) is 0.953. The van der Waals surface area contributed by atoms with Gasteiger partial charge in [0.25, 0.3) is 11.8 Å². The van der Waals surface area contributed by atoms with Gasteiger partial charge in [0.2, 0.25) is 5.91 Å². The standard InChI is InChI=1S/C28H38N2O9/c1-28(2,3)39-26-21(18-37-27(34)36-17-19-9-6-5-7-10-19)38-20(25(26)35-4)11-8-15-29-22(31)14-16-30-23(32)12-13-24(30)33/h5-7,9-10,12-13,20-21,25-26H,8,11,14-18H2,1-4H3,(H,29,31)/t20-,21+,25+,26?/m0/s1. The van der Waals surface area contributed by atoms with E-state index in [4.69, 9.17) is 23.7 Å². The van der Waals surface area contributed by atoms with Gasteiger partial charge in [0.15, 0.2) is 0 Å². The summed E-state index contributed by atoms with van der Waals surface area (Å²) in [5.74, 6) is -1.08. The number of carbonyl (C=O) groups is 4. The van der Waals surface area contributed by atoms with E-state index in [1.54, 1.807) is 7.11 Å². The Labute approximate surface area is 228 Å². The average molecular weight is 547 g/mol. The number of imide groups is 1.